The SMILES string of the molecule is COc1ccc(-c2noc(CN3CCCC(C(=O)NCCSCc4ccc(Cl)cc4)C3)n2)cc1OC. The lowest BCUT2D eigenvalue weighted by atomic mass is 9.97. The summed E-state index contributed by atoms with van der Waals surface area (Å²) in [5, 5.41) is 7.97. The Morgan fingerprint density at radius 2 is 2.00 bits per heavy atom. The van der Waals surface area contributed by atoms with Gasteiger partial charge in [0.05, 0.1) is 26.7 Å². The number of hydrogen-bond acceptors (Lipinski definition) is 8. The second-order valence-corrected chi connectivity index (χ2v) is 10.2. The first-order valence-electron chi connectivity index (χ1n) is 11.9. The van der Waals surface area contributed by atoms with Crippen molar-refractivity contribution in [2.75, 3.05) is 39.6 Å². The van der Waals surface area contributed by atoms with Gasteiger partial charge in [-0.2, -0.15) is 16.7 Å². The van der Waals surface area contributed by atoms with Crippen molar-refractivity contribution in [3.8, 4) is 22.9 Å². The van der Waals surface area contributed by atoms with E-state index in [1.165, 1.54) is 5.56 Å². The molecule has 2 heterocycles. The maximum Gasteiger partial charge on any atom is 0.241 e. The van der Waals surface area contributed by atoms with Crippen LogP contribution in [-0.4, -0.2) is 60.6 Å². The summed E-state index contributed by atoms with van der Waals surface area (Å²) < 4.78 is 16.1. The van der Waals surface area contributed by atoms with Gasteiger partial charge in [0.2, 0.25) is 17.6 Å². The summed E-state index contributed by atoms with van der Waals surface area (Å²) in [7, 11) is 3.19. The van der Waals surface area contributed by atoms with E-state index in [1.54, 1.807) is 26.0 Å². The molecule has 2 aromatic carbocycles. The van der Waals surface area contributed by atoms with E-state index in [0.717, 1.165) is 41.5 Å². The number of halogens is 1. The molecule has 4 rings (SSSR count). The van der Waals surface area contributed by atoms with Crippen LogP contribution >= 0.6 is 23.4 Å². The van der Waals surface area contributed by atoms with Gasteiger partial charge in [0.25, 0.3) is 0 Å². The molecule has 0 aliphatic carbocycles. The van der Waals surface area contributed by atoms with Crippen LogP contribution in [0.25, 0.3) is 11.4 Å². The average molecular weight is 531 g/mol. The first kappa shape index (κ1) is 26.3. The quantitative estimate of drug-likeness (QED) is 0.358. The monoisotopic (exact) mass is 530 g/mol. The summed E-state index contributed by atoms with van der Waals surface area (Å²) in [6, 6.07) is 13.4. The number of aromatic nitrogens is 2. The summed E-state index contributed by atoms with van der Waals surface area (Å²) in [5.74, 6) is 4.12. The van der Waals surface area contributed by atoms with Gasteiger partial charge in [0.15, 0.2) is 11.5 Å². The van der Waals surface area contributed by atoms with Gasteiger partial charge in [-0.3, -0.25) is 9.69 Å². The molecule has 0 bridgehead atoms. The molecule has 1 amide bonds. The lowest BCUT2D eigenvalue weighted by Crippen LogP contribution is -2.43. The Morgan fingerprint density at radius 1 is 1.19 bits per heavy atom. The molecule has 1 aromatic heterocycles. The minimum Gasteiger partial charge on any atom is -0.493 e. The Bertz CT molecular complexity index is 1140. The number of carbonyl (C=O) groups excluding carboxylic acids is 1. The zero-order valence-electron chi connectivity index (χ0n) is 20.5. The normalized spacial score (nSPS) is 16.0. The van der Waals surface area contributed by atoms with E-state index in [0.29, 0.717) is 42.8 Å². The Kier molecular flexibility index (Phi) is 9.49. The molecular weight excluding hydrogens is 500 g/mol. The number of amides is 1. The lowest BCUT2D eigenvalue weighted by molar-refractivity contribution is -0.126. The molecular formula is C26H31ClN4O4S. The van der Waals surface area contributed by atoms with Crippen LogP contribution in [0.1, 0.15) is 24.3 Å². The Labute approximate surface area is 220 Å². The maximum atomic E-state index is 12.7. The number of piperidine rings is 1. The Morgan fingerprint density at radius 3 is 2.78 bits per heavy atom. The van der Waals surface area contributed by atoms with Gasteiger partial charge in [-0.15, -0.1) is 0 Å². The molecule has 0 spiro atoms. The van der Waals surface area contributed by atoms with Crippen LogP contribution < -0.4 is 14.8 Å². The van der Waals surface area contributed by atoms with Crippen LogP contribution in [-0.2, 0) is 17.1 Å². The van der Waals surface area contributed by atoms with Crippen LogP contribution in [0.4, 0.5) is 0 Å². The van der Waals surface area contributed by atoms with Crippen LogP contribution in [0, 0.1) is 5.92 Å². The minimum absolute atomic E-state index is 0.0340. The second kappa shape index (κ2) is 13.0. The van der Waals surface area contributed by atoms with Crippen LogP contribution in [0.15, 0.2) is 47.0 Å². The number of hydrogen-bond donors (Lipinski definition) is 1. The standard InChI is InChI=1S/C26H31ClN4O4S/c1-33-22-10-7-19(14-23(22)34-2)25-29-24(35-30-25)16-31-12-3-4-20(15-31)26(32)28-11-13-36-17-18-5-8-21(27)9-6-18/h5-10,14,20H,3-4,11-13,15-17H2,1-2H3,(H,28,32). The molecule has 1 N–H and O–H groups in total. The predicted molar refractivity (Wildman–Crippen MR) is 141 cm³/mol. The van der Waals surface area contributed by atoms with E-state index in [1.807, 2.05) is 42.5 Å². The molecule has 10 heteroatoms. The van der Waals surface area contributed by atoms with E-state index >= 15 is 0 Å². The van der Waals surface area contributed by atoms with Gasteiger partial charge in [-0.05, 0) is 55.3 Å². The highest BCUT2D eigenvalue weighted by molar-refractivity contribution is 7.98. The number of benzene rings is 2. The van der Waals surface area contributed by atoms with Crippen LogP contribution in [0.5, 0.6) is 11.5 Å². The molecule has 192 valence electrons. The highest BCUT2D eigenvalue weighted by atomic mass is 35.5. The number of likely N-dealkylation sites (tertiary alicyclic amines) is 1. The molecule has 1 saturated heterocycles. The van der Waals surface area contributed by atoms with Crippen molar-refractivity contribution in [1.29, 1.82) is 0 Å². The van der Waals surface area contributed by atoms with Crippen molar-refractivity contribution < 1.29 is 18.8 Å². The third kappa shape index (κ3) is 7.15. The van der Waals surface area contributed by atoms with Crippen molar-refractivity contribution in [2.45, 2.75) is 25.1 Å². The largest absolute Gasteiger partial charge is 0.493 e. The molecule has 36 heavy (non-hydrogen) atoms. The van der Waals surface area contributed by atoms with Gasteiger partial charge >= 0.3 is 0 Å². The summed E-state index contributed by atoms with van der Waals surface area (Å²) in [5.41, 5.74) is 2.02. The molecule has 1 aliphatic heterocycles. The van der Waals surface area contributed by atoms with Crippen molar-refractivity contribution in [2.24, 2.45) is 5.92 Å². The zero-order chi connectivity index (χ0) is 25.3. The van der Waals surface area contributed by atoms with Gasteiger partial charge in [0, 0.05) is 35.2 Å². The fourth-order valence-corrected chi connectivity index (χ4v) is 5.12. The zero-order valence-corrected chi connectivity index (χ0v) is 22.1. The van der Waals surface area contributed by atoms with Gasteiger partial charge < -0.3 is 19.3 Å². The Hall–Kier alpha value is -2.75. The van der Waals surface area contributed by atoms with Crippen molar-refractivity contribution in [3.05, 3.63) is 58.9 Å². The summed E-state index contributed by atoms with van der Waals surface area (Å²) in [6.45, 7) is 2.75. The van der Waals surface area contributed by atoms with E-state index in [2.05, 4.69) is 20.4 Å². The first-order chi connectivity index (χ1) is 17.6. The molecule has 3 aromatic rings. The van der Waals surface area contributed by atoms with Crippen molar-refractivity contribution >= 4 is 29.3 Å². The molecule has 1 atom stereocenters. The topological polar surface area (TPSA) is 89.7 Å². The highest BCUT2D eigenvalue weighted by Crippen LogP contribution is 2.31. The van der Waals surface area contributed by atoms with Gasteiger partial charge in [-0.25, -0.2) is 0 Å². The van der Waals surface area contributed by atoms with E-state index in [-0.39, 0.29) is 11.8 Å². The molecule has 1 fully saturated rings. The highest BCUT2D eigenvalue weighted by Gasteiger charge is 2.26. The number of carbonyl (C=O) groups is 1. The molecule has 0 saturated carbocycles. The molecule has 1 unspecified atom stereocenters. The van der Waals surface area contributed by atoms with Crippen molar-refractivity contribution in [1.82, 2.24) is 20.4 Å². The predicted octanol–water partition coefficient (Wildman–Crippen LogP) is 4.67. The van der Waals surface area contributed by atoms with Crippen LogP contribution in [0.3, 0.4) is 0 Å². The lowest BCUT2D eigenvalue weighted by Gasteiger charge is -2.30. The fourth-order valence-electron chi connectivity index (χ4n) is 4.18. The third-order valence-electron chi connectivity index (χ3n) is 6.07. The smallest absolute Gasteiger partial charge is 0.241 e. The number of nitrogens with zero attached hydrogens (tertiary/aromatic N) is 3. The molecule has 1 aliphatic rings. The summed E-state index contributed by atoms with van der Waals surface area (Å²) in [4.78, 5) is 19.5. The summed E-state index contributed by atoms with van der Waals surface area (Å²) >= 11 is 7.73. The van der Waals surface area contributed by atoms with E-state index in [4.69, 9.17) is 25.6 Å². The van der Waals surface area contributed by atoms with Gasteiger partial charge in [0.1, 0.15) is 0 Å². The fraction of sp³-hybridized carbons (Fsp3) is 0.423. The van der Waals surface area contributed by atoms with E-state index < -0.39 is 0 Å². The van der Waals surface area contributed by atoms with E-state index in [9.17, 15) is 4.79 Å². The Balaban J connectivity index is 1.22. The number of ether oxygens (including phenoxy) is 2. The average Bonchev–Trinajstić information content (AvgIpc) is 3.37. The minimum atomic E-state index is -0.0340. The molecule has 0 radical (unpaired) electrons. The number of thioether (sulfide) groups is 1. The third-order valence-corrected chi connectivity index (χ3v) is 7.35. The van der Waals surface area contributed by atoms with Crippen molar-refractivity contribution in [3.63, 3.8) is 0 Å². The second-order valence-electron chi connectivity index (χ2n) is 8.63. The molecule has 8 nitrogen and oxygen atoms in total. The summed E-state index contributed by atoms with van der Waals surface area (Å²) in [6.07, 6.45) is 1.85. The van der Waals surface area contributed by atoms with Gasteiger partial charge in [-0.1, -0.05) is 28.9 Å². The maximum absolute atomic E-state index is 12.7. The first-order valence-corrected chi connectivity index (χ1v) is 13.5. The number of rotatable bonds is 11. The number of nitrogens with one attached hydrogen (secondary N) is 1. The van der Waals surface area contributed by atoms with Crippen LogP contribution in [0.2, 0.25) is 5.02 Å². The number of methoxy groups -OCH3 is 2.